The van der Waals surface area contributed by atoms with Crippen molar-refractivity contribution < 1.29 is 13.3 Å². The minimum Gasteiger partial charge on any atom is -0.356 e. The van der Waals surface area contributed by atoms with Crippen LogP contribution in [0, 0.1) is 11.6 Å². The molecular weight excluding hydrogens is 176 g/mol. The van der Waals surface area contributed by atoms with E-state index in [0.29, 0.717) is 11.3 Å². The van der Waals surface area contributed by atoms with Crippen molar-refractivity contribution in [1.29, 1.82) is 0 Å². The van der Waals surface area contributed by atoms with Crippen molar-refractivity contribution in [2.45, 2.75) is 0 Å². The zero-order chi connectivity index (χ0) is 9.26. The minimum atomic E-state index is -0.895. The Balaban J connectivity index is 2.49. The monoisotopic (exact) mass is 181 g/mol. The first-order valence-electron chi connectivity index (χ1n) is 3.63. The van der Waals surface area contributed by atoms with E-state index in [1.54, 1.807) is 6.07 Å². The van der Waals surface area contributed by atoms with E-state index < -0.39 is 11.6 Å². The number of nitrogens with zero attached hydrogens (tertiary/aromatic N) is 1. The second-order valence-electron chi connectivity index (χ2n) is 2.51. The largest absolute Gasteiger partial charge is 0.356 e. The van der Waals surface area contributed by atoms with E-state index in [1.165, 1.54) is 12.3 Å². The van der Waals surface area contributed by atoms with E-state index in [-0.39, 0.29) is 0 Å². The summed E-state index contributed by atoms with van der Waals surface area (Å²) in [4.78, 5) is 0. The van der Waals surface area contributed by atoms with Crippen molar-refractivity contribution >= 4 is 0 Å². The van der Waals surface area contributed by atoms with Gasteiger partial charge in [-0.1, -0.05) is 5.16 Å². The fourth-order valence-corrected chi connectivity index (χ4v) is 1.01. The Morgan fingerprint density at radius 2 is 1.92 bits per heavy atom. The summed E-state index contributed by atoms with van der Waals surface area (Å²) in [6.45, 7) is 0. The lowest BCUT2D eigenvalue weighted by atomic mass is 10.2. The molecule has 0 saturated carbocycles. The van der Waals surface area contributed by atoms with Crippen LogP contribution >= 0.6 is 0 Å². The maximum absolute atomic E-state index is 12.7. The van der Waals surface area contributed by atoms with Gasteiger partial charge < -0.3 is 4.52 Å². The lowest BCUT2D eigenvalue weighted by Gasteiger charge is -1.95. The number of benzene rings is 1. The van der Waals surface area contributed by atoms with Gasteiger partial charge in [-0.25, -0.2) is 8.78 Å². The molecule has 0 saturated heterocycles. The first kappa shape index (κ1) is 7.91. The Labute approximate surface area is 72.8 Å². The smallest absolute Gasteiger partial charge is 0.166 e. The molecule has 0 spiro atoms. The summed E-state index contributed by atoms with van der Waals surface area (Å²) in [5.41, 5.74) is 0.469. The molecule has 0 amide bonds. The predicted octanol–water partition coefficient (Wildman–Crippen LogP) is 2.62. The molecule has 13 heavy (non-hydrogen) atoms. The lowest BCUT2D eigenvalue weighted by molar-refractivity contribution is 0.431. The molecule has 0 radical (unpaired) electrons. The third-order valence-electron chi connectivity index (χ3n) is 1.64. The van der Waals surface area contributed by atoms with Gasteiger partial charge in [-0.15, -0.1) is 0 Å². The van der Waals surface area contributed by atoms with Crippen LogP contribution in [0.5, 0.6) is 0 Å². The molecule has 0 aliphatic rings. The van der Waals surface area contributed by atoms with Crippen LogP contribution in [-0.2, 0) is 0 Å². The van der Waals surface area contributed by atoms with Crippen molar-refractivity contribution in [1.82, 2.24) is 5.16 Å². The van der Waals surface area contributed by atoms with Gasteiger partial charge in [0.15, 0.2) is 17.4 Å². The molecule has 1 aromatic heterocycles. The second kappa shape index (κ2) is 2.97. The Morgan fingerprint density at radius 1 is 1.08 bits per heavy atom. The van der Waals surface area contributed by atoms with Crippen LogP contribution in [0.1, 0.15) is 0 Å². The highest BCUT2D eigenvalue weighted by atomic mass is 19.2. The second-order valence-corrected chi connectivity index (χ2v) is 2.51. The fourth-order valence-electron chi connectivity index (χ4n) is 1.01. The normalized spacial score (nSPS) is 10.3. The van der Waals surface area contributed by atoms with Gasteiger partial charge >= 0.3 is 0 Å². The number of rotatable bonds is 1. The molecule has 0 aliphatic heterocycles. The number of aromatic nitrogens is 1. The van der Waals surface area contributed by atoms with Gasteiger partial charge in [0.05, 0.1) is 6.20 Å². The van der Waals surface area contributed by atoms with E-state index in [0.717, 1.165) is 12.1 Å². The van der Waals surface area contributed by atoms with E-state index in [9.17, 15) is 8.78 Å². The molecule has 2 aromatic rings. The van der Waals surface area contributed by atoms with Gasteiger partial charge in [0.25, 0.3) is 0 Å². The van der Waals surface area contributed by atoms with Gasteiger partial charge in [0, 0.05) is 11.6 Å². The minimum absolute atomic E-state index is 0.416. The van der Waals surface area contributed by atoms with E-state index in [2.05, 4.69) is 5.16 Å². The molecule has 0 fully saturated rings. The summed E-state index contributed by atoms with van der Waals surface area (Å²) in [7, 11) is 0. The first-order valence-corrected chi connectivity index (χ1v) is 3.63. The van der Waals surface area contributed by atoms with E-state index in [4.69, 9.17) is 4.52 Å². The third-order valence-corrected chi connectivity index (χ3v) is 1.64. The molecule has 0 unspecified atom stereocenters. The summed E-state index contributed by atoms with van der Waals surface area (Å²) in [5.74, 6) is -1.35. The Kier molecular flexibility index (Phi) is 1.81. The van der Waals surface area contributed by atoms with E-state index in [1.807, 2.05) is 0 Å². The summed E-state index contributed by atoms with van der Waals surface area (Å²) in [6.07, 6.45) is 1.44. The molecule has 0 atom stereocenters. The summed E-state index contributed by atoms with van der Waals surface area (Å²) < 4.78 is 30.0. The summed E-state index contributed by atoms with van der Waals surface area (Å²) in [6, 6.07) is 5.12. The standard InChI is InChI=1S/C9H5F2NO/c10-7-2-1-6(5-8(7)11)9-3-4-12-13-9/h1-5H. The molecule has 0 aliphatic carbocycles. The summed E-state index contributed by atoms with van der Waals surface area (Å²) in [5, 5.41) is 3.46. The Morgan fingerprint density at radius 3 is 2.54 bits per heavy atom. The van der Waals surface area contributed by atoms with Crippen LogP contribution < -0.4 is 0 Å². The molecule has 1 aromatic carbocycles. The predicted molar refractivity (Wildman–Crippen MR) is 41.9 cm³/mol. The number of hydrogen-bond donors (Lipinski definition) is 0. The molecule has 66 valence electrons. The van der Waals surface area contributed by atoms with Crippen LogP contribution in [-0.4, -0.2) is 5.16 Å². The maximum atomic E-state index is 12.7. The zero-order valence-corrected chi connectivity index (χ0v) is 6.50. The number of halogens is 2. The van der Waals surface area contributed by atoms with Crippen molar-refractivity contribution in [2.75, 3.05) is 0 Å². The van der Waals surface area contributed by atoms with Crippen LogP contribution in [0.25, 0.3) is 11.3 Å². The van der Waals surface area contributed by atoms with Gasteiger partial charge in [-0.3, -0.25) is 0 Å². The molecule has 1 heterocycles. The molecule has 2 nitrogen and oxygen atoms in total. The van der Waals surface area contributed by atoms with Crippen molar-refractivity contribution in [3.05, 3.63) is 42.1 Å². The zero-order valence-electron chi connectivity index (χ0n) is 6.50. The highest BCUT2D eigenvalue weighted by Crippen LogP contribution is 2.20. The number of hydrogen-bond acceptors (Lipinski definition) is 2. The van der Waals surface area contributed by atoms with Gasteiger partial charge in [0.1, 0.15) is 0 Å². The maximum Gasteiger partial charge on any atom is 0.166 e. The van der Waals surface area contributed by atoms with Crippen LogP contribution in [0.4, 0.5) is 8.78 Å². The Bertz CT molecular complexity index is 412. The van der Waals surface area contributed by atoms with Gasteiger partial charge in [-0.05, 0) is 18.2 Å². The van der Waals surface area contributed by atoms with Gasteiger partial charge in [-0.2, -0.15) is 0 Å². The van der Waals surface area contributed by atoms with Crippen molar-refractivity contribution in [2.24, 2.45) is 0 Å². The average molecular weight is 181 g/mol. The van der Waals surface area contributed by atoms with Crippen molar-refractivity contribution in [3.63, 3.8) is 0 Å². The summed E-state index contributed by atoms with van der Waals surface area (Å²) >= 11 is 0. The first-order chi connectivity index (χ1) is 6.27. The van der Waals surface area contributed by atoms with Crippen LogP contribution in [0.15, 0.2) is 35.0 Å². The molecular formula is C9H5F2NO. The third kappa shape index (κ3) is 1.42. The molecule has 4 heteroatoms. The van der Waals surface area contributed by atoms with E-state index >= 15 is 0 Å². The van der Waals surface area contributed by atoms with Crippen molar-refractivity contribution in [3.8, 4) is 11.3 Å². The highest BCUT2D eigenvalue weighted by molar-refractivity contribution is 5.56. The molecule has 2 rings (SSSR count). The SMILES string of the molecule is Fc1ccc(-c2ccno2)cc1F. The van der Waals surface area contributed by atoms with Crippen LogP contribution in [0.3, 0.4) is 0 Å². The lowest BCUT2D eigenvalue weighted by Crippen LogP contribution is -1.83. The topological polar surface area (TPSA) is 26.0 Å². The average Bonchev–Trinajstić information content (AvgIpc) is 2.62. The molecule has 0 bridgehead atoms. The fraction of sp³-hybridized carbons (Fsp3) is 0. The Hall–Kier alpha value is -1.71. The molecule has 0 N–H and O–H groups in total. The van der Waals surface area contributed by atoms with Crippen LogP contribution in [0.2, 0.25) is 0 Å². The highest BCUT2D eigenvalue weighted by Gasteiger charge is 2.06. The van der Waals surface area contributed by atoms with Gasteiger partial charge in [0.2, 0.25) is 0 Å². The quantitative estimate of drug-likeness (QED) is 0.675.